The Hall–Kier alpha value is -3.52. The zero-order chi connectivity index (χ0) is 25.2. The number of fused-ring (bicyclic) bond motifs is 1. The van der Waals surface area contributed by atoms with Gasteiger partial charge in [-0.15, -0.1) is 11.6 Å². The van der Waals surface area contributed by atoms with Crippen LogP contribution in [0.1, 0.15) is 29.1 Å². The molecule has 0 bridgehead atoms. The lowest BCUT2D eigenvalue weighted by Gasteiger charge is -2.35. The van der Waals surface area contributed by atoms with Gasteiger partial charge in [0.25, 0.3) is 0 Å². The molecule has 2 aromatic carbocycles. The summed E-state index contributed by atoms with van der Waals surface area (Å²) in [6, 6.07) is 14.6. The molecule has 2 aromatic heterocycles. The van der Waals surface area contributed by atoms with Gasteiger partial charge < -0.3 is 9.80 Å². The maximum atomic E-state index is 13.6. The summed E-state index contributed by atoms with van der Waals surface area (Å²) < 4.78 is 15.4. The number of aryl methyl sites for hydroxylation is 2. The predicted molar refractivity (Wildman–Crippen MR) is 139 cm³/mol. The number of halogens is 2. The number of piperazine rings is 1. The fourth-order valence-corrected chi connectivity index (χ4v) is 4.73. The number of hydrogen-bond acceptors (Lipinski definition) is 5. The predicted octanol–water partition coefficient (Wildman–Crippen LogP) is 4.44. The molecular weight excluding hydrogens is 479 g/mol. The van der Waals surface area contributed by atoms with Gasteiger partial charge in [-0.3, -0.25) is 4.79 Å². The van der Waals surface area contributed by atoms with Crippen LogP contribution in [0.25, 0.3) is 16.7 Å². The molecule has 1 fully saturated rings. The first-order valence-corrected chi connectivity index (χ1v) is 12.6. The molecule has 1 aliphatic heterocycles. The summed E-state index contributed by atoms with van der Waals surface area (Å²) in [4.78, 5) is 26.3. The highest BCUT2D eigenvalue weighted by atomic mass is 35.5. The lowest BCUT2D eigenvalue weighted by Crippen LogP contribution is -2.49. The van der Waals surface area contributed by atoms with Crippen LogP contribution in [0.15, 0.2) is 48.5 Å². The minimum absolute atomic E-state index is 0.0813. The molecule has 0 unspecified atom stereocenters. The Morgan fingerprint density at radius 1 is 0.972 bits per heavy atom. The number of hydrogen-bond donors (Lipinski definition) is 0. The quantitative estimate of drug-likeness (QED) is 0.362. The highest BCUT2D eigenvalue weighted by Gasteiger charge is 2.26. The molecule has 0 N–H and O–H groups in total. The molecule has 0 saturated carbocycles. The first kappa shape index (κ1) is 24.2. The van der Waals surface area contributed by atoms with Crippen LogP contribution in [-0.4, -0.2) is 62.6 Å². The lowest BCUT2D eigenvalue weighted by atomic mass is 10.1. The Labute approximate surface area is 214 Å². The maximum absolute atomic E-state index is 13.6. The van der Waals surface area contributed by atoms with Gasteiger partial charge in [0.1, 0.15) is 17.5 Å². The van der Waals surface area contributed by atoms with Crippen molar-refractivity contribution in [1.82, 2.24) is 24.6 Å². The molecular formula is C27H28ClFN6O. The van der Waals surface area contributed by atoms with E-state index in [1.807, 2.05) is 11.8 Å². The van der Waals surface area contributed by atoms with Crippen molar-refractivity contribution in [3.8, 4) is 5.69 Å². The van der Waals surface area contributed by atoms with E-state index in [0.29, 0.717) is 56.4 Å². The smallest absolute Gasteiger partial charge is 0.223 e. The normalized spacial score (nSPS) is 14.0. The standard InChI is InChI=1S/C27H28ClFN6O/c1-18-3-5-20(6-4-18)17-23-30-26(34-15-13-33(14-16-34)24(36)11-12-28)25-19(2)32-35(27(25)31-23)22-9-7-21(29)8-10-22/h3-10H,11-17H2,1-2H3. The number of rotatable bonds is 6. The summed E-state index contributed by atoms with van der Waals surface area (Å²) in [6.07, 6.45) is 0.925. The van der Waals surface area contributed by atoms with Crippen molar-refractivity contribution in [2.45, 2.75) is 26.7 Å². The summed E-state index contributed by atoms with van der Waals surface area (Å²) >= 11 is 5.77. The van der Waals surface area contributed by atoms with Gasteiger partial charge in [0, 0.05) is 44.9 Å². The molecule has 0 spiro atoms. The van der Waals surface area contributed by atoms with E-state index in [-0.39, 0.29) is 11.7 Å². The number of benzene rings is 2. The maximum Gasteiger partial charge on any atom is 0.223 e. The number of carbonyl (C=O) groups is 1. The largest absolute Gasteiger partial charge is 0.352 e. The van der Waals surface area contributed by atoms with E-state index in [4.69, 9.17) is 26.7 Å². The molecule has 0 radical (unpaired) electrons. The second kappa shape index (κ2) is 10.2. The number of alkyl halides is 1. The minimum Gasteiger partial charge on any atom is -0.352 e. The molecule has 9 heteroatoms. The van der Waals surface area contributed by atoms with E-state index in [0.717, 1.165) is 28.1 Å². The van der Waals surface area contributed by atoms with Gasteiger partial charge in [0.15, 0.2) is 5.65 Å². The van der Waals surface area contributed by atoms with Crippen LogP contribution in [-0.2, 0) is 11.2 Å². The van der Waals surface area contributed by atoms with Crippen LogP contribution < -0.4 is 4.90 Å². The van der Waals surface area contributed by atoms with Gasteiger partial charge in [-0.05, 0) is 43.7 Å². The van der Waals surface area contributed by atoms with Crippen molar-refractivity contribution in [2.75, 3.05) is 37.0 Å². The van der Waals surface area contributed by atoms with Crippen LogP contribution in [0.4, 0.5) is 10.2 Å². The second-order valence-corrected chi connectivity index (χ2v) is 9.48. The molecule has 1 saturated heterocycles. The SMILES string of the molecule is Cc1ccc(Cc2nc(N3CCN(C(=O)CCCl)CC3)c3c(C)nn(-c4ccc(F)cc4)c3n2)cc1. The van der Waals surface area contributed by atoms with Crippen molar-refractivity contribution < 1.29 is 9.18 Å². The van der Waals surface area contributed by atoms with Gasteiger partial charge in [-0.25, -0.2) is 19.0 Å². The monoisotopic (exact) mass is 506 g/mol. The van der Waals surface area contributed by atoms with E-state index < -0.39 is 0 Å². The van der Waals surface area contributed by atoms with Crippen molar-refractivity contribution in [3.05, 3.63) is 77.0 Å². The first-order chi connectivity index (χ1) is 17.4. The highest BCUT2D eigenvalue weighted by molar-refractivity contribution is 6.18. The third-order valence-corrected chi connectivity index (χ3v) is 6.71. The van der Waals surface area contributed by atoms with Crippen LogP contribution in [0.5, 0.6) is 0 Å². The van der Waals surface area contributed by atoms with Crippen LogP contribution in [0.3, 0.4) is 0 Å². The molecule has 5 rings (SSSR count). The third-order valence-electron chi connectivity index (χ3n) is 6.52. The summed E-state index contributed by atoms with van der Waals surface area (Å²) in [6.45, 7) is 6.54. The van der Waals surface area contributed by atoms with Crippen molar-refractivity contribution >= 4 is 34.4 Å². The average molecular weight is 507 g/mol. The van der Waals surface area contributed by atoms with E-state index in [1.165, 1.54) is 17.7 Å². The molecule has 0 aliphatic carbocycles. The van der Waals surface area contributed by atoms with E-state index in [9.17, 15) is 9.18 Å². The fourth-order valence-electron chi connectivity index (χ4n) is 4.57. The molecule has 0 atom stereocenters. The molecule has 186 valence electrons. The number of amides is 1. The fraction of sp³-hybridized carbons (Fsp3) is 0.333. The number of nitrogens with zero attached hydrogens (tertiary/aromatic N) is 6. The van der Waals surface area contributed by atoms with Gasteiger partial charge in [0.2, 0.25) is 5.91 Å². The Morgan fingerprint density at radius 3 is 2.33 bits per heavy atom. The average Bonchev–Trinajstić information content (AvgIpc) is 3.22. The lowest BCUT2D eigenvalue weighted by molar-refractivity contribution is -0.131. The molecule has 3 heterocycles. The topological polar surface area (TPSA) is 67.2 Å². The molecule has 36 heavy (non-hydrogen) atoms. The molecule has 7 nitrogen and oxygen atoms in total. The minimum atomic E-state index is -0.302. The Morgan fingerprint density at radius 2 is 1.67 bits per heavy atom. The molecule has 1 aliphatic rings. The second-order valence-electron chi connectivity index (χ2n) is 9.10. The van der Waals surface area contributed by atoms with Gasteiger partial charge in [0.05, 0.1) is 16.8 Å². The van der Waals surface area contributed by atoms with Gasteiger partial charge in [-0.2, -0.15) is 5.10 Å². The third kappa shape index (κ3) is 4.91. The van der Waals surface area contributed by atoms with Gasteiger partial charge >= 0.3 is 0 Å². The number of aromatic nitrogens is 4. The van der Waals surface area contributed by atoms with E-state index in [2.05, 4.69) is 36.1 Å². The Balaban J connectivity index is 1.56. The first-order valence-electron chi connectivity index (χ1n) is 12.1. The summed E-state index contributed by atoms with van der Waals surface area (Å²) in [5.74, 6) is 1.61. The number of anilines is 1. The van der Waals surface area contributed by atoms with Crippen LogP contribution >= 0.6 is 11.6 Å². The summed E-state index contributed by atoms with van der Waals surface area (Å²) in [5, 5.41) is 5.63. The van der Waals surface area contributed by atoms with Crippen molar-refractivity contribution in [2.24, 2.45) is 0 Å². The van der Waals surface area contributed by atoms with Crippen LogP contribution in [0, 0.1) is 19.7 Å². The summed E-state index contributed by atoms with van der Waals surface area (Å²) in [5.41, 5.74) is 4.53. The molecule has 1 amide bonds. The highest BCUT2D eigenvalue weighted by Crippen LogP contribution is 2.30. The van der Waals surface area contributed by atoms with Gasteiger partial charge in [-0.1, -0.05) is 29.8 Å². The van der Waals surface area contributed by atoms with E-state index in [1.54, 1.807) is 16.8 Å². The Bertz CT molecular complexity index is 1380. The Kier molecular flexibility index (Phi) is 6.87. The molecule has 4 aromatic rings. The van der Waals surface area contributed by atoms with Crippen LogP contribution in [0.2, 0.25) is 0 Å². The van der Waals surface area contributed by atoms with Crippen molar-refractivity contribution in [1.29, 1.82) is 0 Å². The zero-order valence-corrected chi connectivity index (χ0v) is 21.2. The summed E-state index contributed by atoms with van der Waals surface area (Å²) in [7, 11) is 0. The number of carbonyl (C=O) groups excluding carboxylic acids is 1. The van der Waals surface area contributed by atoms with Crippen molar-refractivity contribution in [3.63, 3.8) is 0 Å². The van der Waals surface area contributed by atoms with E-state index >= 15 is 0 Å². The zero-order valence-electron chi connectivity index (χ0n) is 20.4.